The van der Waals surface area contributed by atoms with Crippen LogP contribution in [0, 0.1) is 0 Å². The van der Waals surface area contributed by atoms with Gasteiger partial charge in [-0.25, -0.2) is 13.4 Å². The van der Waals surface area contributed by atoms with E-state index in [-0.39, 0.29) is 18.2 Å². The summed E-state index contributed by atoms with van der Waals surface area (Å²) >= 11 is 0. The summed E-state index contributed by atoms with van der Waals surface area (Å²) in [6.07, 6.45) is 0. The zero-order chi connectivity index (χ0) is 23.4. The van der Waals surface area contributed by atoms with Crippen LogP contribution in [0.25, 0.3) is 22.2 Å². The zero-order valence-electron chi connectivity index (χ0n) is 18.5. The maximum atomic E-state index is 13.2. The van der Waals surface area contributed by atoms with Crippen LogP contribution in [0.2, 0.25) is 0 Å². The molecule has 0 saturated carbocycles. The van der Waals surface area contributed by atoms with E-state index in [0.29, 0.717) is 30.0 Å². The van der Waals surface area contributed by atoms with Crippen molar-refractivity contribution in [3.05, 3.63) is 90.5 Å². The quantitative estimate of drug-likeness (QED) is 0.365. The maximum absolute atomic E-state index is 13.2. The number of benzene rings is 3. The Kier molecular flexibility index (Phi) is 7.81. The summed E-state index contributed by atoms with van der Waals surface area (Å²) in [7, 11) is -3.55. The summed E-state index contributed by atoms with van der Waals surface area (Å²) in [5.74, 6) is -0.287. The van der Waals surface area contributed by atoms with Crippen LogP contribution in [-0.2, 0) is 10.0 Å². The third kappa shape index (κ3) is 5.00. The Bertz CT molecular complexity index is 1380. The molecule has 4 rings (SSSR count). The monoisotopic (exact) mass is 475 g/mol. The number of sulfonamides is 1. The van der Waals surface area contributed by atoms with Gasteiger partial charge in [-0.15, -0.1) is 0 Å². The fraction of sp³-hybridized carbons (Fsp3) is 0.185. The molecule has 3 aromatic carbocycles. The van der Waals surface area contributed by atoms with Crippen LogP contribution < -0.4 is 5.32 Å². The maximum Gasteiger partial charge on any atom is 0.256 e. The first-order valence-electron chi connectivity index (χ1n) is 10.8. The number of pyridine rings is 1. The molecule has 0 aliphatic carbocycles. The molecule has 7 heteroatoms. The van der Waals surface area contributed by atoms with Crippen LogP contribution >= 0.6 is 0 Å². The number of nitrogens with zero attached hydrogens (tertiary/aromatic N) is 2. The van der Waals surface area contributed by atoms with Gasteiger partial charge in [-0.05, 0) is 36.4 Å². The van der Waals surface area contributed by atoms with Crippen LogP contribution in [-0.4, -0.2) is 36.7 Å². The first-order valence-corrected chi connectivity index (χ1v) is 12.2. The molecule has 4 aromatic rings. The van der Waals surface area contributed by atoms with Crippen LogP contribution in [0.5, 0.6) is 0 Å². The minimum absolute atomic E-state index is 0. The van der Waals surface area contributed by atoms with Crippen molar-refractivity contribution in [2.75, 3.05) is 18.4 Å². The minimum Gasteiger partial charge on any atom is -0.322 e. The van der Waals surface area contributed by atoms with Crippen molar-refractivity contribution in [2.45, 2.75) is 26.2 Å². The normalized spacial score (nSPS) is 11.3. The van der Waals surface area contributed by atoms with Crippen molar-refractivity contribution in [3.63, 3.8) is 0 Å². The average Bonchev–Trinajstić information content (AvgIpc) is 2.84. The van der Waals surface area contributed by atoms with E-state index in [2.05, 4.69) is 5.32 Å². The summed E-state index contributed by atoms with van der Waals surface area (Å²) in [6, 6.07) is 25.2. The van der Waals surface area contributed by atoms with E-state index in [1.165, 1.54) is 16.4 Å². The predicted molar refractivity (Wildman–Crippen MR) is 138 cm³/mol. The predicted octanol–water partition coefficient (Wildman–Crippen LogP) is 5.82. The Balaban J connectivity index is 0.00000324. The number of rotatable bonds is 7. The first kappa shape index (κ1) is 25.1. The second-order valence-corrected chi connectivity index (χ2v) is 9.44. The summed E-state index contributed by atoms with van der Waals surface area (Å²) < 4.78 is 26.8. The molecule has 0 aliphatic heterocycles. The zero-order valence-corrected chi connectivity index (χ0v) is 19.3. The van der Waals surface area contributed by atoms with E-state index in [1.807, 2.05) is 54.6 Å². The van der Waals surface area contributed by atoms with Gasteiger partial charge in [0.15, 0.2) is 0 Å². The van der Waals surface area contributed by atoms with E-state index < -0.39 is 10.0 Å². The summed E-state index contributed by atoms with van der Waals surface area (Å²) in [4.78, 5) is 18.1. The van der Waals surface area contributed by atoms with Crippen molar-refractivity contribution in [2.24, 2.45) is 0 Å². The molecule has 176 valence electrons. The Morgan fingerprint density at radius 1 is 0.882 bits per heavy atom. The fourth-order valence-corrected chi connectivity index (χ4v) is 5.20. The Labute approximate surface area is 201 Å². The summed E-state index contributed by atoms with van der Waals surface area (Å²) in [5.41, 5.74) is 3.37. The highest BCUT2D eigenvalue weighted by molar-refractivity contribution is 7.89. The second-order valence-electron chi connectivity index (χ2n) is 7.51. The minimum atomic E-state index is -3.55. The Morgan fingerprint density at radius 3 is 2.15 bits per heavy atom. The molecule has 6 nitrogen and oxygen atoms in total. The second kappa shape index (κ2) is 10.6. The lowest BCUT2D eigenvalue weighted by atomic mass is 10.0. The van der Waals surface area contributed by atoms with Gasteiger partial charge in [0, 0.05) is 29.7 Å². The van der Waals surface area contributed by atoms with Gasteiger partial charge in [-0.2, -0.15) is 4.31 Å². The molecule has 0 aliphatic rings. The van der Waals surface area contributed by atoms with Crippen molar-refractivity contribution in [1.29, 1.82) is 0 Å². The topological polar surface area (TPSA) is 79.4 Å². The van der Waals surface area contributed by atoms with Gasteiger partial charge in [-0.3, -0.25) is 4.79 Å². The number of hydrogen-bond donors (Lipinski definition) is 1. The van der Waals surface area contributed by atoms with Crippen LogP contribution in [0.4, 0.5) is 5.69 Å². The number of para-hydroxylation sites is 1. The number of nitrogens with one attached hydrogen (secondary N) is 1. The Hall–Kier alpha value is -3.55. The number of carbonyl (C=O) groups excluding carboxylic acids is 1. The van der Waals surface area contributed by atoms with Gasteiger partial charge in [0.2, 0.25) is 10.0 Å². The molecule has 0 atom stereocenters. The molecular formula is C27H29N3O3S. The fourth-order valence-electron chi connectivity index (χ4n) is 3.74. The van der Waals surface area contributed by atoms with Crippen LogP contribution in [0.1, 0.15) is 31.6 Å². The molecule has 0 spiro atoms. The first-order chi connectivity index (χ1) is 15.9. The van der Waals surface area contributed by atoms with Gasteiger partial charge in [0.1, 0.15) is 0 Å². The molecule has 0 saturated heterocycles. The van der Waals surface area contributed by atoms with Crippen molar-refractivity contribution in [3.8, 4) is 11.3 Å². The van der Waals surface area contributed by atoms with Crippen molar-refractivity contribution in [1.82, 2.24) is 9.29 Å². The average molecular weight is 476 g/mol. The molecule has 0 unspecified atom stereocenters. The molecule has 0 bridgehead atoms. The SMILES string of the molecule is C.CCN(CC)S(=O)(=O)c1ccc(NC(=O)c2cc(-c3ccccc3)nc3ccccc23)cc1. The smallest absolute Gasteiger partial charge is 0.256 e. The number of carbonyl (C=O) groups is 1. The highest BCUT2D eigenvalue weighted by atomic mass is 32.2. The van der Waals surface area contributed by atoms with Crippen molar-refractivity contribution >= 4 is 32.5 Å². The van der Waals surface area contributed by atoms with E-state index in [0.717, 1.165) is 16.5 Å². The van der Waals surface area contributed by atoms with Gasteiger partial charge < -0.3 is 5.32 Å². The molecule has 1 heterocycles. The van der Waals surface area contributed by atoms with Crippen molar-refractivity contribution < 1.29 is 13.2 Å². The third-order valence-electron chi connectivity index (χ3n) is 5.49. The molecule has 34 heavy (non-hydrogen) atoms. The van der Waals surface area contributed by atoms with Gasteiger partial charge in [0.25, 0.3) is 5.91 Å². The van der Waals surface area contributed by atoms with Crippen LogP contribution in [0.15, 0.2) is 89.8 Å². The number of hydrogen-bond acceptors (Lipinski definition) is 4. The molecule has 1 amide bonds. The standard InChI is InChI=1S/C26H25N3O3S.CH4/c1-3-29(4-2)33(31,32)21-16-14-20(15-17-21)27-26(30)23-18-25(19-10-6-5-7-11-19)28-24-13-9-8-12-22(23)24;/h5-18H,3-4H2,1-2H3,(H,27,30);1H4. The van der Waals surface area contributed by atoms with Gasteiger partial charge >= 0.3 is 0 Å². The highest BCUT2D eigenvalue weighted by Gasteiger charge is 2.21. The van der Waals surface area contributed by atoms with E-state index in [9.17, 15) is 13.2 Å². The third-order valence-corrected chi connectivity index (χ3v) is 7.55. The number of aromatic nitrogens is 1. The number of anilines is 1. The number of fused-ring (bicyclic) bond motifs is 1. The molecule has 0 fully saturated rings. The number of amides is 1. The van der Waals surface area contributed by atoms with E-state index in [4.69, 9.17) is 4.98 Å². The van der Waals surface area contributed by atoms with Gasteiger partial charge in [-0.1, -0.05) is 69.8 Å². The molecule has 1 N–H and O–H groups in total. The van der Waals surface area contributed by atoms with Gasteiger partial charge in [0.05, 0.1) is 21.7 Å². The molecule has 1 aromatic heterocycles. The lowest BCUT2D eigenvalue weighted by Crippen LogP contribution is -2.30. The Morgan fingerprint density at radius 2 is 1.50 bits per heavy atom. The largest absolute Gasteiger partial charge is 0.322 e. The van der Waals surface area contributed by atoms with Crippen LogP contribution in [0.3, 0.4) is 0 Å². The lowest BCUT2D eigenvalue weighted by Gasteiger charge is -2.18. The van der Waals surface area contributed by atoms with E-state index in [1.54, 1.807) is 32.0 Å². The molecule has 0 radical (unpaired) electrons. The summed E-state index contributed by atoms with van der Waals surface area (Å²) in [6.45, 7) is 4.41. The summed E-state index contributed by atoms with van der Waals surface area (Å²) in [5, 5.41) is 3.64. The highest BCUT2D eigenvalue weighted by Crippen LogP contribution is 2.26. The van der Waals surface area contributed by atoms with E-state index >= 15 is 0 Å². The lowest BCUT2D eigenvalue weighted by molar-refractivity contribution is 0.102. The molecular weight excluding hydrogens is 446 g/mol.